The molecule has 3 aromatic rings. The zero-order valence-corrected chi connectivity index (χ0v) is 18.2. The number of piperazine rings is 1. The number of nitrogens with one attached hydrogen (secondary N) is 1. The fourth-order valence-electron chi connectivity index (χ4n) is 4.16. The van der Waals surface area contributed by atoms with Crippen LogP contribution in [0.2, 0.25) is 0 Å². The lowest BCUT2D eigenvalue weighted by Gasteiger charge is -2.39. The Morgan fingerprint density at radius 3 is 1.67 bits per heavy atom. The van der Waals surface area contributed by atoms with Gasteiger partial charge in [-0.3, -0.25) is 4.90 Å². The predicted octanol–water partition coefficient (Wildman–Crippen LogP) is 4.76. The Kier molecular flexibility index (Phi) is 7.29. The van der Waals surface area contributed by atoms with Crippen LogP contribution in [-0.2, 0) is 6.42 Å². The van der Waals surface area contributed by atoms with Gasteiger partial charge in [-0.05, 0) is 59.5 Å². The molecule has 4 nitrogen and oxygen atoms in total. The van der Waals surface area contributed by atoms with Crippen LogP contribution in [0.25, 0.3) is 0 Å². The van der Waals surface area contributed by atoms with Crippen molar-refractivity contribution in [1.29, 1.82) is 0 Å². The minimum atomic E-state index is -0.307. The maximum Gasteiger partial charge on any atom is 0.317 e. The highest BCUT2D eigenvalue weighted by molar-refractivity contribution is 5.74. The molecule has 2 amide bonds. The minimum absolute atomic E-state index is 0.128. The second-order valence-electron chi connectivity index (χ2n) is 8.14. The monoisotopic (exact) mass is 453 g/mol. The Hall–Kier alpha value is -3.32. The van der Waals surface area contributed by atoms with Crippen molar-refractivity contribution < 1.29 is 18.0 Å². The predicted molar refractivity (Wildman–Crippen MR) is 121 cm³/mol. The van der Waals surface area contributed by atoms with E-state index < -0.39 is 0 Å². The molecule has 1 aliphatic heterocycles. The average Bonchev–Trinajstić information content (AvgIpc) is 2.83. The third-order valence-corrected chi connectivity index (χ3v) is 5.94. The number of carbonyl (C=O) groups excluding carboxylic acids is 1. The van der Waals surface area contributed by atoms with E-state index in [0.29, 0.717) is 39.1 Å². The molecule has 0 spiro atoms. The van der Waals surface area contributed by atoms with Crippen LogP contribution in [-0.4, -0.2) is 48.6 Å². The van der Waals surface area contributed by atoms with Gasteiger partial charge in [-0.1, -0.05) is 36.4 Å². The van der Waals surface area contributed by atoms with Crippen LogP contribution in [0.1, 0.15) is 22.7 Å². The van der Waals surface area contributed by atoms with Crippen LogP contribution in [0.5, 0.6) is 0 Å². The van der Waals surface area contributed by atoms with Crippen molar-refractivity contribution in [3.8, 4) is 0 Å². The molecule has 1 saturated heterocycles. The lowest BCUT2D eigenvalue weighted by Crippen LogP contribution is -2.52. The van der Waals surface area contributed by atoms with Gasteiger partial charge in [0, 0.05) is 32.7 Å². The normalized spacial score (nSPS) is 14.5. The van der Waals surface area contributed by atoms with Crippen LogP contribution in [0.4, 0.5) is 18.0 Å². The zero-order valence-electron chi connectivity index (χ0n) is 18.2. The van der Waals surface area contributed by atoms with Crippen molar-refractivity contribution in [3.05, 3.63) is 107 Å². The maximum atomic E-state index is 13.5. The molecule has 1 N–H and O–H groups in total. The number of halogens is 3. The molecule has 0 saturated carbocycles. The largest absolute Gasteiger partial charge is 0.338 e. The van der Waals surface area contributed by atoms with Crippen molar-refractivity contribution in [1.82, 2.24) is 15.1 Å². The summed E-state index contributed by atoms with van der Waals surface area (Å²) in [7, 11) is 0. The third-order valence-electron chi connectivity index (χ3n) is 5.94. The Labute approximate surface area is 191 Å². The number of hydrogen-bond donors (Lipinski definition) is 1. The number of nitrogens with zero attached hydrogens (tertiary/aromatic N) is 2. The van der Waals surface area contributed by atoms with E-state index in [1.54, 1.807) is 41.3 Å². The van der Waals surface area contributed by atoms with E-state index in [9.17, 15) is 18.0 Å². The van der Waals surface area contributed by atoms with Crippen LogP contribution < -0.4 is 5.32 Å². The SMILES string of the molecule is O=C(NCCc1ccc(F)cc1)N1CCN(C(c2ccc(F)cc2)c2ccc(F)cc2)CC1. The van der Waals surface area contributed by atoms with E-state index in [1.165, 1.54) is 36.4 Å². The summed E-state index contributed by atoms with van der Waals surface area (Å²) in [5.74, 6) is -0.891. The van der Waals surface area contributed by atoms with E-state index in [4.69, 9.17) is 0 Å². The molecule has 1 aliphatic rings. The minimum Gasteiger partial charge on any atom is -0.338 e. The summed E-state index contributed by atoms with van der Waals surface area (Å²) in [4.78, 5) is 16.6. The van der Waals surface area contributed by atoms with E-state index in [0.717, 1.165) is 16.7 Å². The topological polar surface area (TPSA) is 35.6 Å². The molecule has 33 heavy (non-hydrogen) atoms. The van der Waals surface area contributed by atoms with Gasteiger partial charge in [0.2, 0.25) is 0 Å². The van der Waals surface area contributed by atoms with Crippen LogP contribution in [0, 0.1) is 17.5 Å². The van der Waals surface area contributed by atoms with Gasteiger partial charge in [0.25, 0.3) is 0 Å². The highest BCUT2D eigenvalue weighted by Gasteiger charge is 2.28. The van der Waals surface area contributed by atoms with Gasteiger partial charge < -0.3 is 10.2 Å². The highest BCUT2D eigenvalue weighted by atomic mass is 19.1. The smallest absolute Gasteiger partial charge is 0.317 e. The molecule has 1 heterocycles. The van der Waals surface area contributed by atoms with E-state index in [1.807, 2.05) is 0 Å². The van der Waals surface area contributed by atoms with E-state index >= 15 is 0 Å². The van der Waals surface area contributed by atoms with Crippen LogP contribution in [0.3, 0.4) is 0 Å². The molecule has 7 heteroatoms. The fraction of sp³-hybridized carbons (Fsp3) is 0.269. The summed E-state index contributed by atoms with van der Waals surface area (Å²) in [6.07, 6.45) is 0.628. The molecular formula is C26H26F3N3O. The molecule has 0 radical (unpaired) electrons. The Morgan fingerprint density at radius 2 is 1.18 bits per heavy atom. The van der Waals surface area contributed by atoms with Crippen molar-refractivity contribution in [3.63, 3.8) is 0 Å². The van der Waals surface area contributed by atoms with Gasteiger partial charge >= 0.3 is 6.03 Å². The number of urea groups is 1. The van der Waals surface area contributed by atoms with Crippen molar-refractivity contribution in [2.75, 3.05) is 32.7 Å². The molecule has 0 bridgehead atoms. The summed E-state index contributed by atoms with van der Waals surface area (Å²) in [6.45, 7) is 2.82. The van der Waals surface area contributed by atoms with Gasteiger partial charge in [0.1, 0.15) is 17.5 Å². The highest BCUT2D eigenvalue weighted by Crippen LogP contribution is 2.30. The summed E-state index contributed by atoms with van der Waals surface area (Å²) >= 11 is 0. The van der Waals surface area contributed by atoms with Crippen molar-refractivity contribution >= 4 is 6.03 Å². The Morgan fingerprint density at radius 1 is 0.727 bits per heavy atom. The standard InChI is InChI=1S/C26H26F3N3O/c27-22-7-1-19(2-8-22)13-14-30-26(33)32-17-15-31(16-18-32)25(20-3-9-23(28)10-4-20)21-5-11-24(29)12-6-21/h1-12,25H,13-18H2,(H,30,33). The quantitative estimate of drug-likeness (QED) is 0.584. The number of carbonyl (C=O) groups is 1. The molecule has 3 aromatic carbocycles. The molecule has 4 rings (SSSR count). The van der Waals surface area contributed by atoms with Gasteiger partial charge in [-0.2, -0.15) is 0 Å². The van der Waals surface area contributed by atoms with Crippen molar-refractivity contribution in [2.45, 2.75) is 12.5 Å². The first-order valence-electron chi connectivity index (χ1n) is 11.0. The van der Waals surface area contributed by atoms with E-state index in [2.05, 4.69) is 10.2 Å². The third kappa shape index (κ3) is 5.93. The molecule has 0 aromatic heterocycles. The van der Waals surface area contributed by atoms with Gasteiger partial charge in [-0.25, -0.2) is 18.0 Å². The van der Waals surface area contributed by atoms with Crippen LogP contribution in [0.15, 0.2) is 72.8 Å². The molecular weight excluding hydrogens is 427 g/mol. The van der Waals surface area contributed by atoms with Gasteiger partial charge in [-0.15, -0.1) is 0 Å². The lowest BCUT2D eigenvalue weighted by molar-refractivity contribution is 0.120. The molecule has 172 valence electrons. The van der Waals surface area contributed by atoms with Gasteiger partial charge in [0.15, 0.2) is 0 Å². The van der Waals surface area contributed by atoms with Crippen molar-refractivity contribution in [2.24, 2.45) is 0 Å². The first-order chi connectivity index (χ1) is 16.0. The van der Waals surface area contributed by atoms with Crippen LogP contribution >= 0.6 is 0 Å². The second kappa shape index (κ2) is 10.5. The van der Waals surface area contributed by atoms with E-state index in [-0.39, 0.29) is 29.5 Å². The first-order valence-corrected chi connectivity index (χ1v) is 11.0. The number of benzene rings is 3. The number of hydrogen-bond acceptors (Lipinski definition) is 2. The molecule has 1 fully saturated rings. The summed E-state index contributed by atoms with van der Waals surface area (Å²) in [6, 6.07) is 18.7. The maximum absolute atomic E-state index is 13.5. The average molecular weight is 454 g/mol. The lowest BCUT2D eigenvalue weighted by atomic mass is 9.96. The summed E-state index contributed by atoms with van der Waals surface area (Å²) < 4.78 is 40.0. The molecule has 0 unspecified atom stereocenters. The number of rotatable bonds is 6. The number of amides is 2. The van der Waals surface area contributed by atoms with Gasteiger partial charge in [0.05, 0.1) is 6.04 Å². The summed E-state index contributed by atoms with van der Waals surface area (Å²) in [5.41, 5.74) is 2.79. The zero-order chi connectivity index (χ0) is 23.2. The fourth-order valence-corrected chi connectivity index (χ4v) is 4.16. The first kappa shape index (κ1) is 22.9. The molecule has 0 aliphatic carbocycles. The molecule has 0 atom stereocenters. The summed E-state index contributed by atoms with van der Waals surface area (Å²) in [5, 5.41) is 2.93. The Balaban J connectivity index is 1.36. The Bertz CT molecular complexity index is 1000. The second-order valence-corrected chi connectivity index (χ2v) is 8.14.